The lowest BCUT2D eigenvalue weighted by atomic mass is 10.2. The maximum atomic E-state index is 5.59. The average molecular weight is 191 g/mol. The molecule has 0 radical (unpaired) electrons. The van der Waals surface area contributed by atoms with E-state index in [0.717, 1.165) is 5.56 Å². The maximum absolute atomic E-state index is 5.59. The fourth-order valence-corrected chi connectivity index (χ4v) is 1.19. The molecule has 0 fully saturated rings. The van der Waals surface area contributed by atoms with Gasteiger partial charge in [0.25, 0.3) is 0 Å². The van der Waals surface area contributed by atoms with Crippen LogP contribution in [0, 0.1) is 0 Å². The third kappa shape index (κ3) is 1.26. The molecule has 6 nitrogen and oxygen atoms in total. The Bertz CT molecular complexity index is 425. The molecule has 72 valence electrons. The molecular weight excluding hydrogens is 182 g/mol. The molecule has 0 aliphatic carbocycles. The zero-order chi connectivity index (χ0) is 9.97. The van der Waals surface area contributed by atoms with Crippen molar-refractivity contribution in [3.8, 4) is 17.0 Å². The predicted octanol–water partition coefficient (Wildman–Crippen LogP) is 0.457. The molecule has 6 heteroatoms. The van der Waals surface area contributed by atoms with E-state index < -0.39 is 0 Å². The van der Waals surface area contributed by atoms with Crippen molar-refractivity contribution in [1.29, 1.82) is 0 Å². The highest BCUT2D eigenvalue weighted by molar-refractivity contribution is 5.71. The van der Waals surface area contributed by atoms with Gasteiger partial charge in [0.2, 0.25) is 0 Å². The van der Waals surface area contributed by atoms with Crippen LogP contribution in [-0.2, 0) is 0 Å². The summed E-state index contributed by atoms with van der Waals surface area (Å²) < 4.78 is 5.10. The number of nitrogens with two attached hydrogens (primary N) is 1. The van der Waals surface area contributed by atoms with Crippen molar-refractivity contribution in [3.63, 3.8) is 0 Å². The second-order valence-electron chi connectivity index (χ2n) is 2.65. The average Bonchev–Trinajstić information content (AvgIpc) is 2.61. The van der Waals surface area contributed by atoms with Crippen molar-refractivity contribution in [1.82, 2.24) is 20.4 Å². The number of hydrogen-bond donors (Lipinski definition) is 2. The van der Waals surface area contributed by atoms with Crippen LogP contribution < -0.4 is 10.5 Å². The summed E-state index contributed by atoms with van der Waals surface area (Å²) in [7, 11) is 1.54. The van der Waals surface area contributed by atoms with E-state index in [9.17, 15) is 0 Å². The molecule has 2 aromatic heterocycles. The summed E-state index contributed by atoms with van der Waals surface area (Å²) >= 11 is 0. The van der Waals surface area contributed by atoms with Gasteiger partial charge in [0.05, 0.1) is 19.5 Å². The zero-order valence-corrected chi connectivity index (χ0v) is 7.56. The van der Waals surface area contributed by atoms with Crippen LogP contribution in [-0.4, -0.2) is 27.5 Å². The minimum atomic E-state index is 0.333. The van der Waals surface area contributed by atoms with E-state index in [1.165, 1.54) is 0 Å². The van der Waals surface area contributed by atoms with E-state index in [1.54, 1.807) is 25.6 Å². The molecule has 0 amide bonds. The molecule has 0 saturated carbocycles. The third-order valence-corrected chi connectivity index (χ3v) is 1.82. The third-order valence-electron chi connectivity index (χ3n) is 1.82. The first-order valence-corrected chi connectivity index (χ1v) is 3.98. The summed E-state index contributed by atoms with van der Waals surface area (Å²) in [6, 6.07) is 1.79. The van der Waals surface area contributed by atoms with Crippen molar-refractivity contribution < 1.29 is 4.74 Å². The topological polar surface area (TPSA) is 89.7 Å². The monoisotopic (exact) mass is 191 g/mol. The first-order valence-electron chi connectivity index (χ1n) is 3.98. The highest BCUT2D eigenvalue weighted by Gasteiger charge is 2.12. The van der Waals surface area contributed by atoms with Gasteiger partial charge in [0, 0.05) is 5.56 Å². The Balaban J connectivity index is 2.52. The Morgan fingerprint density at radius 1 is 1.43 bits per heavy atom. The molecule has 3 N–H and O–H groups in total. The Kier molecular flexibility index (Phi) is 2.02. The molecule has 2 heterocycles. The van der Waals surface area contributed by atoms with E-state index in [0.29, 0.717) is 17.3 Å². The lowest BCUT2D eigenvalue weighted by Gasteiger charge is -2.00. The van der Waals surface area contributed by atoms with E-state index >= 15 is 0 Å². The van der Waals surface area contributed by atoms with Crippen LogP contribution >= 0.6 is 0 Å². The van der Waals surface area contributed by atoms with Gasteiger partial charge in [-0.25, -0.2) is 0 Å². The number of aromatic nitrogens is 4. The lowest BCUT2D eigenvalue weighted by Crippen LogP contribution is -1.90. The Morgan fingerprint density at radius 2 is 2.29 bits per heavy atom. The van der Waals surface area contributed by atoms with Crippen LogP contribution in [0.3, 0.4) is 0 Å². The molecule has 0 spiro atoms. The normalized spacial score (nSPS) is 10.1. The van der Waals surface area contributed by atoms with Crippen molar-refractivity contribution in [3.05, 3.63) is 18.5 Å². The highest BCUT2D eigenvalue weighted by Crippen LogP contribution is 2.31. The number of rotatable bonds is 2. The van der Waals surface area contributed by atoms with Crippen LogP contribution in [0.15, 0.2) is 18.5 Å². The summed E-state index contributed by atoms with van der Waals surface area (Å²) in [4.78, 5) is 0. The van der Waals surface area contributed by atoms with Gasteiger partial charge in [-0.3, -0.25) is 5.10 Å². The van der Waals surface area contributed by atoms with Crippen molar-refractivity contribution >= 4 is 5.82 Å². The fraction of sp³-hybridized carbons (Fsp3) is 0.125. The summed E-state index contributed by atoms with van der Waals surface area (Å²) in [5.41, 5.74) is 7.13. The van der Waals surface area contributed by atoms with Crippen LogP contribution in [0.5, 0.6) is 5.75 Å². The predicted molar refractivity (Wildman–Crippen MR) is 50.6 cm³/mol. The first-order chi connectivity index (χ1) is 6.83. The van der Waals surface area contributed by atoms with E-state index in [1.807, 2.05) is 0 Å². The molecular formula is C8H9N5O. The van der Waals surface area contributed by atoms with Crippen molar-refractivity contribution in [2.75, 3.05) is 12.8 Å². The number of methoxy groups -OCH3 is 1. The van der Waals surface area contributed by atoms with Gasteiger partial charge in [0.1, 0.15) is 5.69 Å². The number of H-pyrrole nitrogens is 1. The molecule has 2 aromatic rings. The summed E-state index contributed by atoms with van der Waals surface area (Å²) in [5.74, 6) is 0.859. The second kappa shape index (κ2) is 3.33. The molecule has 0 atom stereocenters. The molecule has 0 saturated heterocycles. The molecule has 0 bridgehead atoms. The van der Waals surface area contributed by atoms with Crippen molar-refractivity contribution in [2.45, 2.75) is 0 Å². The smallest absolute Gasteiger partial charge is 0.188 e. The number of nitrogen functional groups attached to an aromatic ring is 1. The molecule has 0 aromatic carbocycles. The maximum Gasteiger partial charge on any atom is 0.188 e. The lowest BCUT2D eigenvalue weighted by molar-refractivity contribution is 0.419. The molecule has 0 unspecified atom stereocenters. The van der Waals surface area contributed by atoms with Gasteiger partial charge >= 0.3 is 0 Å². The van der Waals surface area contributed by atoms with Gasteiger partial charge in [-0.05, 0) is 6.07 Å². The minimum Gasteiger partial charge on any atom is -0.491 e. The largest absolute Gasteiger partial charge is 0.491 e. The van der Waals surface area contributed by atoms with Crippen LogP contribution in [0.1, 0.15) is 0 Å². The van der Waals surface area contributed by atoms with Crippen LogP contribution in [0.2, 0.25) is 0 Å². The number of hydrogen-bond acceptors (Lipinski definition) is 5. The Labute approximate surface area is 80.1 Å². The molecule has 0 aliphatic rings. The number of nitrogens with zero attached hydrogens (tertiary/aromatic N) is 3. The number of anilines is 1. The summed E-state index contributed by atoms with van der Waals surface area (Å²) in [6.07, 6.45) is 3.20. The number of aromatic amines is 1. The number of ether oxygens (including phenoxy) is 1. The van der Waals surface area contributed by atoms with Crippen LogP contribution in [0.4, 0.5) is 5.82 Å². The van der Waals surface area contributed by atoms with Crippen LogP contribution in [0.25, 0.3) is 11.3 Å². The minimum absolute atomic E-state index is 0.333. The number of nitrogens with one attached hydrogen (secondary N) is 1. The van der Waals surface area contributed by atoms with Crippen molar-refractivity contribution in [2.24, 2.45) is 0 Å². The molecule has 14 heavy (non-hydrogen) atoms. The van der Waals surface area contributed by atoms with Gasteiger partial charge in [-0.2, -0.15) is 15.3 Å². The standard InChI is InChI=1S/C8H9N5O/c1-14-7-6(12-13-8(7)9)5-2-3-10-11-4-5/h2-4H,1H3,(H3,9,12,13). The summed E-state index contributed by atoms with van der Waals surface area (Å²) in [5, 5.41) is 14.0. The second-order valence-corrected chi connectivity index (χ2v) is 2.65. The van der Waals surface area contributed by atoms with Gasteiger partial charge < -0.3 is 10.5 Å². The quantitative estimate of drug-likeness (QED) is 0.719. The molecule has 2 rings (SSSR count). The van der Waals surface area contributed by atoms with E-state index in [2.05, 4.69) is 20.4 Å². The Morgan fingerprint density at radius 3 is 2.93 bits per heavy atom. The SMILES string of the molecule is COc1c(N)n[nH]c1-c1ccnnc1. The van der Waals surface area contributed by atoms with E-state index in [-0.39, 0.29) is 0 Å². The van der Waals surface area contributed by atoms with Gasteiger partial charge in [-0.1, -0.05) is 0 Å². The fourth-order valence-electron chi connectivity index (χ4n) is 1.19. The zero-order valence-electron chi connectivity index (χ0n) is 7.56. The highest BCUT2D eigenvalue weighted by atomic mass is 16.5. The van der Waals surface area contributed by atoms with E-state index in [4.69, 9.17) is 10.5 Å². The van der Waals surface area contributed by atoms with Gasteiger partial charge in [0.15, 0.2) is 11.6 Å². The molecule has 0 aliphatic heterocycles. The summed E-state index contributed by atoms with van der Waals surface area (Å²) in [6.45, 7) is 0. The Hall–Kier alpha value is -2.11. The first kappa shape index (κ1) is 8.49. The van der Waals surface area contributed by atoms with Gasteiger partial charge in [-0.15, -0.1) is 0 Å².